The lowest BCUT2D eigenvalue weighted by Crippen LogP contribution is -2.46. The third kappa shape index (κ3) is 4.43. The van der Waals surface area contributed by atoms with Crippen LogP contribution in [0.4, 0.5) is 0 Å². The Morgan fingerprint density at radius 3 is 2.68 bits per heavy atom. The van der Waals surface area contributed by atoms with Gasteiger partial charge < -0.3 is 14.7 Å². The second-order valence-corrected chi connectivity index (χ2v) is 9.79. The first-order chi connectivity index (χ1) is 14.8. The fourth-order valence-corrected chi connectivity index (χ4v) is 4.74. The number of hydrogen-bond donors (Lipinski definition) is 1. The van der Waals surface area contributed by atoms with Gasteiger partial charge in [-0.05, 0) is 73.5 Å². The number of rotatable bonds is 6. The number of nitrogens with one attached hydrogen (secondary N) is 1. The molecule has 1 atom stereocenters. The van der Waals surface area contributed by atoms with Crippen LogP contribution in [0.25, 0.3) is 16.3 Å². The molecular formula is C24H28N4OS2. The van der Waals surface area contributed by atoms with Crippen LogP contribution in [0.2, 0.25) is 0 Å². The second-order valence-electron chi connectivity index (χ2n) is 8.46. The van der Waals surface area contributed by atoms with Crippen molar-refractivity contribution in [3.8, 4) is 10.7 Å². The summed E-state index contributed by atoms with van der Waals surface area (Å²) in [6.07, 6.45) is 1.05. The van der Waals surface area contributed by atoms with Crippen molar-refractivity contribution in [3.05, 3.63) is 64.0 Å². The van der Waals surface area contributed by atoms with Crippen LogP contribution in [-0.2, 0) is 0 Å². The molecule has 0 saturated heterocycles. The summed E-state index contributed by atoms with van der Waals surface area (Å²) in [5.74, 6) is 1.74. The number of nitrogens with zero attached hydrogens (tertiary/aromatic N) is 3. The monoisotopic (exact) mass is 452 g/mol. The van der Waals surface area contributed by atoms with E-state index in [0.717, 1.165) is 39.8 Å². The number of allylic oxidation sites excluding steroid dienone is 1. The molecule has 0 amide bonds. The highest BCUT2D eigenvalue weighted by molar-refractivity contribution is 7.80. The average Bonchev–Trinajstić information content (AvgIpc) is 3.41. The van der Waals surface area contributed by atoms with E-state index in [0.29, 0.717) is 17.6 Å². The minimum Gasteiger partial charge on any atom is -0.351 e. The van der Waals surface area contributed by atoms with Gasteiger partial charge in [-0.1, -0.05) is 43.3 Å². The summed E-state index contributed by atoms with van der Waals surface area (Å²) in [4.78, 5) is 7.92. The maximum absolute atomic E-state index is 5.79. The Kier molecular flexibility index (Phi) is 6.25. The van der Waals surface area contributed by atoms with Crippen LogP contribution in [-0.4, -0.2) is 26.7 Å². The molecule has 5 nitrogen and oxygen atoms in total. The maximum atomic E-state index is 5.79. The minimum absolute atomic E-state index is 0.140. The van der Waals surface area contributed by atoms with Gasteiger partial charge in [0, 0.05) is 12.2 Å². The molecule has 1 unspecified atom stereocenters. The molecule has 3 aromatic rings. The average molecular weight is 453 g/mol. The first-order valence-corrected chi connectivity index (χ1v) is 11.9. The van der Waals surface area contributed by atoms with Crippen LogP contribution in [0, 0.1) is 19.8 Å². The molecule has 1 N–H and O–H groups in total. The van der Waals surface area contributed by atoms with E-state index in [9.17, 15) is 0 Å². The third-order valence-corrected chi connectivity index (χ3v) is 6.99. The van der Waals surface area contributed by atoms with E-state index in [1.165, 1.54) is 11.1 Å². The molecule has 162 valence electrons. The largest absolute Gasteiger partial charge is 0.351 e. The number of aromatic nitrogens is 2. The topological polar surface area (TPSA) is 54.2 Å². The third-order valence-electron chi connectivity index (χ3n) is 5.79. The van der Waals surface area contributed by atoms with Gasteiger partial charge in [-0.15, -0.1) is 11.3 Å². The summed E-state index contributed by atoms with van der Waals surface area (Å²) < 4.78 is 5.79. The van der Waals surface area contributed by atoms with Gasteiger partial charge in [-0.25, -0.2) is 0 Å². The summed E-state index contributed by atoms with van der Waals surface area (Å²) in [6, 6.07) is 10.4. The summed E-state index contributed by atoms with van der Waals surface area (Å²) in [7, 11) is 0. The number of benzene rings is 1. The lowest BCUT2D eigenvalue weighted by Gasteiger charge is -2.37. The summed E-state index contributed by atoms with van der Waals surface area (Å²) in [5.41, 5.74) is 5.69. The van der Waals surface area contributed by atoms with Gasteiger partial charge in [0.15, 0.2) is 5.11 Å². The molecule has 0 bridgehead atoms. The first-order valence-electron chi connectivity index (χ1n) is 10.6. The zero-order valence-electron chi connectivity index (χ0n) is 18.6. The maximum Gasteiger partial charge on any atom is 0.258 e. The smallest absolute Gasteiger partial charge is 0.258 e. The van der Waals surface area contributed by atoms with Gasteiger partial charge >= 0.3 is 0 Å². The van der Waals surface area contributed by atoms with E-state index in [2.05, 4.69) is 68.2 Å². The summed E-state index contributed by atoms with van der Waals surface area (Å²) in [5, 5.41) is 10.6. The van der Waals surface area contributed by atoms with Crippen molar-refractivity contribution in [2.45, 2.75) is 47.1 Å². The van der Waals surface area contributed by atoms with Crippen LogP contribution in [0.1, 0.15) is 55.8 Å². The zero-order valence-corrected chi connectivity index (χ0v) is 20.2. The summed E-state index contributed by atoms with van der Waals surface area (Å²) >= 11 is 7.38. The molecule has 1 aliphatic heterocycles. The molecule has 0 spiro atoms. The highest BCUT2D eigenvalue weighted by Crippen LogP contribution is 2.38. The van der Waals surface area contributed by atoms with Crippen LogP contribution >= 0.6 is 23.6 Å². The van der Waals surface area contributed by atoms with E-state index in [-0.39, 0.29) is 6.04 Å². The van der Waals surface area contributed by atoms with Gasteiger partial charge in [0.25, 0.3) is 5.89 Å². The van der Waals surface area contributed by atoms with Gasteiger partial charge in [-0.3, -0.25) is 0 Å². The van der Waals surface area contributed by atoms with E-state index in [4.69, 9.17) is 21.7 Å². The number of aryl methyl sites for hydroxylation is 2. The number of hydrogen-bond acceptors (Lipinski definition) is 5. The van der Waals surface area contributed by atoms with E-state index in [1.54, 1.807) is 11.3 Å². The van der Waals surface area contributed by atoms with Gasteiger partial charge in [-0.2, -0.15) is 4.98 Å². The Morgan fingerprint density at radius 2 is 2.00 bits per heavy atom. The Bertz CT molecular complexity index is 1110. The molecule has 1 aliphatic rings. The molecule has 7 heteroatoms. The zero-order chi connectivity index (χ0) is 22.1. The predicted molar refractivity (Wildman–Crippen MR) is 131 cm³/mol. The molecule has 0 aliphatic carbocycles. The van der Waals surface area contributed by atoms with Crippen molar-refractivity contribution in [1.82, 2.24) is 20.4 Å². The Hall–Kier alpha value is -2.51. The highest BCUT2D eigenvalue weighted by Gasteiger charge is 2.34. The number of thiophene rings is 1. The highest BCUT2D eigenvalue weighted by atomic mass is 32.1. The molecular weight excluding hydrogens is 424 g/mol. The molecule has 0 radical (unpaired) electrons. The molecule has 31 heavy (non-hydrogen) atoms. The second kappa shape index (κ2) is 8.93. The molecule has 2 aromatic heterocycles. The van der Waals surface area contributed by atoms with Crippen molar-refractivity contribution in [1.29, 1.82) is 0 Å². The molecule has 0 fully saturated rings. The lowest BCUT2D eigenvalue weighted by molar-refractivity contribution is 0.390. The van der Waals surface area contributed by atoms with Crippen LogP contribution in [0.5, 0.6) is 0 Å². The Balaban J connectivity index is 1.80. The van der Waals surface area contributed by atoms with E-state index < -0.39 is 0 Å². The minimum atomic E-state index is -0.140. The van der Waals surface area contributed by atoms with Crippen molar-refractivity contribution in [2.75, 3.05) is 6.54 Å². The fourth-order valence-electron chi connectivity index (χ4n) is 3.75. The Morgan fingerprint density at radius 1 is 1.19 bits per heavy atom. The Labute approximate surface area is 193 Å². The van der Waals surface area contributed by atoms with Crippen molar-refractivity contribution in [2.24, 2.45) is 5.92 Å². The van der Waals surface area contributed by atoms with Gasteiger partial charge in [0.05, 0.1) is 16.5 Å². The van der Waals surface area contributed by atoms with Crippen LogP contribution < -0.4 is 5.32 Å². The SMILES string of the molecule is CC1=C(c2nc(-c3cccs3)no2)C(c2ccc(C)c(C)c2)NC(=S)N1CCC(C)C. The van der Waals surface area contributed by atoms with Gasteiger partial charge in [0.1, 0.15) is 0 Å². The van der Waals surface area contributed by atoms with Crippen molar-refractivity contribution >= 4 is 34.2 Å². The lowest BCUT2D eigenvalue weighted by atomic mass is 9.92. The summed E-state index contributed by atoms with van der Waals surface area (Å²) in [6.45, 7) is 11.7. The van der Waals surface area contributed by atoms with Crippen LogP contribution in [0.15, 0.2) is 45.9 Å². The molecule has 3 heterocycles. The van der Waals surface area contributed by atoms with Gasteiger partial charge in [0.2, 0.25) is 5.82 Å². The quantitative estimate of drug-likeness (QED) is 0.455. The van der Waals surface area contributed by atoms with Crippen LogP contribution in [0.3, 0.4) is 0 Å². The van der Waals surface area contributed by atoms with Crippen molar-refractivity contribution in [3.63, 3.8) is 0 Å². The predicted octanol–water partition coefficient (Wildman–Crippen LogP) is 6.12. The number of thiocarbonyl (C=S) groups is 1. The fraction of sp³-hybridized carbons (Fsp3) is 0.375. The van der Waals surface area contributed by atoms with Crippen molar-refractivity contribution < 1.29 is 4.52 Å². The molecule has 0 saturated carbocycles. The molecule has 1 aromatic carbocycles. The normalized spacial score (nSPS) is 16.9. The standard InChI is InChI=1S/C24H28N4OS2/c1-14(2)10-11-28-17(5)20(23-26-22(27-29-23)19-7-6-12-31-19)21(25-24(28)30)18-9-8-15(3)16(4)13-18/h6-9,12-14,21H,10-11H2,1-5H3,(H,25,30). The van der Waals surface area contributed by atoms with E-state index >= 15 is 0 Å². The molecule has 4 rings (SSSR count). The first kappa shape index (κ1) is 21.7. The van der Waals surface area contributed by atoms with E-state index in [1.807, 2.05) is 17.5 Å².